The van der Waals surface area contributed by atoms with Gasteiger partial charge in [0, 0.05) is 36.8 Å². The molecule has 0 radical (unpaired) electrons. The summed E-state index contributed by atoms with van der Waals surface area (Å²) in [4.78, 5) is 26.7. The molecule has 0 aliphatic carbocycles. The number of amides is 3. The van der Waals surface area contributed by atoms with Crippen LogP contribution in [0.2, 0.25) is 0 Å². The molecule has 2 aromatic rings. The van der Waals surface area contributed by atoms with Gasteiger partial charge < -0.3 is 15.5 Å². The van der Waals surface area contributed by atoms with E-state index in [4.69, 9.17) is 0 Å². The summed E-state index contributed by atoms with van der Waals surface area (Å²) in [5.74, 6) is 0.148. The highest BCUT2D eigenvalue weighted by atomic mass is 16.2. The fraction of sp³-hybridized carbons (Fsp3) is 0.364. The number of urea groups is 1. The van der Waals surface area contributed by atoms with E-state index in [-0.39, 0.29) is 17.9 Å². The maximum absolute atomic E-state index is 12.7. The second-order valence-electron chi connectivity index (χ2n) is 7.02. The van der Waals surface area contributed by atoms with E-state index < -0.39 is 0 Å². The minimum atomic E-state index is -0.109. The molecule has 1 atom stereocenters. The number of carbonyl (C=O) groups is 2. The summed E-state index contributed by atoms with van der Waals surface area (Å²) in [7, 11) is 0. The van der Waals surface area contributed by atoms with Crippen LogP contribution in [0.5, 0.6) is 0 Å². The molecule has 0 bridgehead atoms. The Balaban J connectivity index is 1.72. The molecule has 3 rings (SSSR count). The van der Waals surface area contributed by atoms with Crippen molar-refractivity contribution >= 4 is 17.6 Å². The molecule has 2 N–H and O–H groups in total. The van der Waals surface area contributed by atoms with Gasteiger partial charge in [0.2, 0.25) is 0 Å². The van der Waals surface area contributed by atoms with Crippen molar-refractivity contribution in [3.05, 3.63) is 65.2 Å². The third kappa shape index (κ3) is 4.67. The molecule has 0 aromatic heterocycles. The van der Waals surface area contributed by atoms with E-state index in [0.717, 1.165) is 36.2 Å². The molecule has 1 aliphatic heterocycles. The standard InChI is InChI=1S/C22H27N3O2/c1-3-23-22(27)25-13-7-11-19(15-25)17-9-6-10-18(14-17)21(26)24-20-12-5-4-8-16(20)2/h4-6,8-10,12,14,19H,3,7,11,13,15H2,1-2H3,(H,23,27)(H,24,26). The van der Waals surface area contributed by atoms with Gasteiger partial charge in [0.15, 0.2) is 0 Å². The van der Waals surface area contributed by atoms with Gasteiger partial charge in [-0.2, -0.15) is 0 Å². The fourth-order valence-corrected chi connectivity index (χ4v) is 3.54. The van der Waals surface area contributed by atoms with Gasteiger partial charge in [-0.15, -0.1) is 0 Å². The SMILES string of the molecule is CCNC(=O)N1CCCC(c2cccc(C(=O)Nc3ccccc3C)c2)C1. The largest absolute Gasteiger partial charge is 0.338 e. The van der Waals surface area contributed by atoms with E-state index in [2.05, 4.69) is 16.7 Å². The van der Waals surface area contributed by atoms with E-state index in [9.17, 15) is 9.59 Å². The maximum Gasteiger partial charge on any atom is 0.317 e. The summed E-state index contributed by atoms with van der Waals surface area (Å²) in [6, 6.07) is 15.5. The monoisotopic (exact) mass is 365 g/mol. The molecule has 1 aliphatic rings. The number of rotatable bonds is 4. The molecule has 5 nitrogen and oxygen atoms in total. The Bertz CT molecular complexity index is 819. The van der Waals surface area contributed by atoms with Gasteiger partial charge in [0.1, 0.15) is 0 Å². The van der Waals surface area contributed by atoms with Crippen molar-refractivity contribution in [1.29, 1.82) is 0 Å². The Morgan fingerprint density at radius 1 is 1.15 bits per heavy atom. The normalized spacial score (nSPS) is 16.7. The number of hydrogen-bond donors (Lipinski definition) is 2. The third-order valence-corrected chi connectivity index (χ3v) is 5.05. The Labute approximate surface area is 160 Å². The number of aryl methyl sites for hydroxylation is 1. The van der Waals surface area contributed by atoms with Gasteiger partial charge in [-0.3, -0.25) is 4.79 Å². The van der Waals surface area contributed by atoms with Crippen LogP contribution in [-0.4, -0.2) is 36.5 Å². The molecule has 0 spiro atoms. The molecule has 1 saturated heterocycles. The summed E-state index contributed by atoms with van der Waals surface area (Å²) >= 11 is 0. The number of anilines is 1. The molecule has 3 amide bonds. The quantitative estimate of drug-likeness (QED) is 0.855. The summed E-state index contributed by atoms with van der Waals surface area (Å²) in [6.45, 7) is 6.01. The number of nitrogens with zero attached hydrogens (tertiary/aromatic N) is 1. The number of nitrogens with one attached hydrogen (secondary N) is 2. The molecule has 27 heavy (non-hydrogen) atoms. The minimum absolute atomic E-state index is 0.00403. The zero-order chi connectivity index (χ0) is 19.2. The van der Waals surface area contributed by atoms with Gasteiger partial charge in [-0.05, 0) is 56.0 Å². The van der Waals surface area contributed by atoms with Crippen LogP contribution >= 0.6 is 0 Å². The average molecular weight is 365 g/mol. The number of benzene rings is 2. The van der Waals surface area contributed by atoms with Gasteiger partial charge >= 0.3 is 6.03 Å². The first-order valence-electron chi connectivity index (χ1n) is 9.58. The predicted octanol–water partition coefficient (Wildman–Crippen LogP) is 4.16. The number of piperidine rings is 1. The van der Waals surface area contributed by atoms with Crippen molar-refractivity contribution in [2.45, 2.75) is 32.6 Å². The van der Waals surface area contributed by atoms with Crippen molar-refractivity contribution in [3.63, 3.8) is 0 Å². The Morgan fingerprint density at radius 3 is 2.74 bits per heavy atom. The summed E-state index contributed by atoms with van der Waals surface area (Å²) in [5, 5.41) is 5.86. The number of hydrogen-bond acceptors (Lipinski definition) is 2. The highest BCUT2D eigenvalue weighted by Gasteiger charge is 2.25. The molecule has 142 valence electrons. The lowest BCUT2D eigenvalue weighted by molar-refractivity contribution is 0.102. The van der Waals surface area contributed by atoms with Gasteiger partial charge in [-0.25, -0.2) is 4.79 Å². The highest BCUT2D eigenvalue weighted by Crippen LogP contribution is 2.28. The van der Waals surface area contributed by atoms with Gasteiger partial charge in [0.05, 0.1) is 0 Å². The molecule has 1 unspecified atom stereocenters. The van der Waals surface area contributed by atoms with E-state index in [0.29, 0.717) is 18.7 Å². The van der Waals surface area contributed by atoms with Crippen molar-refractivity contribution in [1.82, 2.24) is 10.2 Å². The predicted molar refractivity (Wildman–Crippen MR) is 108 cm³/mol. The van der Waals surface area contributed by atoms with Gasteiger partial charge in [0.25, 0.3) is 5.91 Å². The second kappa shape index (κ2) is 8.71. The van der Waals surface area contributed by atoms with Crippen molar-refractivity contribution in [2.24, 2.45) is 0 Å². The van der Waals surface area contributed by atoms with E-state index >= 15 is 0 Å². The van der Waals surface area contributed by atoms with E-state index in [1.165, 1.54) is 0 Å². The highest BCUT2D eigenvalue weighted by molar-refractivity contribution is 6.04. The van der Waals surface area contributed by atoms with Crippen LogP contribution in [0, 0.1) is 6.92 Å². The van der Waals surface area contributed by atoms with Crippen LogP contribution in [0.3, 0.4) is 0 Å². The zero-order valence-electron chi connectivity index (χ0n) is 16.0. The summed E-state index contributed by atoms with van der Waals surface area (Å²) in [5.41, 5.74) is 3.62. The number of para-hydroxylation sites is 1. The van der Waals surface area contributed by atoms with Crippen molar-refractivity contribution in [3.8, 4) is 0 Å². The number of carbonyl (C=O) groups excluding carboxylic acids is 2. The first-order chi connectivity index (χ1) is 13.1. The minimum Gasteiger partial charge on any atom is -0.338 e. The maximum atomic E-state index is 12.7. The average Bonchev–Trinajstić information content (AvgIpc) is 2.70. The third-order valence-electron chi connectivity index (χ3n) is 5.05. The van der Waals surface area contributed by atoms with Crippen LogP contribution < -0.4 is 10.6 Å². The lowest BCUT2D eigenvalue weighted by Crippen LogP contribution is -2.44. The lowest BCUT2D eigenvalue weighted by atomic mass is 9.89. The zero-order valence-corrected chi connectivity index (χ0v) is 16.0. The molecular formula is C22H27N3O2. The molecule has 1 heterocycles. The Morgan fingerprint density at radius 2 is 1.96 bits per heavy atom. The van der Waals surface area contributed by atoms with Crippen LogP contribution in [0.1, 0.15) is 47.2 Å². The van der Waals surface area contributed by atoms with Crippen LogP contribution in [0.4, 0.5) is 10.5 Å². The van der Waals surface area contributed by atoms with Crippen molar-refractivity contribution < 1.29 is 9.59 Å². The summed E-state index contributed by atoms with van der Waals surface area (Å²) < 4.78 is 0. The first-order valence-corrected chi connectivity index (χ1v) is 9.58. The van der Waals surface area contributed by atoms with Crippen molar-refractivity contribution in [2.75, 3.05) is 25.0 Å². The van der Waals surface area contributed by atoms with Gasteiger partial charge in [-0.1, -0.05) is 30.3 Å². The lowest BCUT2D eigenvalue weighted by Gasteiger charge is -2.33. The number of likely N-dealkylation sites (tertiary alicyclic amines) is 1. The molecular weight excluding hydrogens is 338 g/mol. The molecule has 0 saturated carbocycles. The van der Waals surface area contributed by atoms with E-state index in [1.807, 2.05) is 61.2 Å². The first kappa shape index (κ1) is 19.0. The van der Waals surface area contributed by atoms with Crippen LogP contribution in [-0.2, 0) is 0 Å². The van der Waals surface area contributed by atoms with Crippen LogP contribution in [0.15, 0.2) is 48.5 Å². The molecule has 5 heteroatoms. The Hall–Kier alpha value is -2.82. The molecule has 1 fully saturated rings. The van der Waals surface area contributed by atoms with Crippen LogP contribution in [0.25, 0.3) is 0 Å². The Kier molecular flexibility index (Phi) is 6.12. The van der Waals surface area contributed by atoms with E-state index in [1.54, 1.807) is 0 Å². The fourth-order valence-electron chi connectivity index (χ4n) is 3.54. The topological polar surface area (TPSA) is 61.4 Å². The summed E-state index contributed by atoms with van der Waals surface area (Å²) in [6.07, 6.45) is 2.00. The molecule has 2 aromatic carbocycles. The smallest absolute Gasteiger partial charge is 0.317 e. The second-order valence-corrected chi connectivity index (χ2v) is 7.02.